The Morgan fingerprint density at radius 1 is 1.00 bits per heavy atom. The lowest BCUT2D eigenvalue weighted by Gasteiger charge is -2.19. The van der Waals surface area contributed by atoms with Gasteiger partial charge in [-0.05, 0) is 23.6 Å². The van der Waals surface area contributed by atoms with Crippen molar-refractivity contribution in [2.45, 2.75) is 6.54 Å². The molecule has 3 heterocycles. The third-order valence-electron chi connectivity index (χ3n) is 4.38. The summed E-state index contributed by atoms with van der Waals surface area (Å²) in [7, 11) is 0. The van der Waals surface area contributed by atoms with Crippen LogP contribution in [0.4, 0.5) is 15.3 Å². The van der Waals surface area contributed by atoms with Crippen molar-refractivity contribution in [2.75, 3.05) is 25.1 Å². The molecule has 31 heavy (non-hydrogen) atoms. The minimum absolute atomic E-state index is 0.0657. The summed E-state index contributed by atoms with van der Waals surface area (Å²) in [6, 6.07) is 6.39. The molecule has 1 aromatic carbocycles. The summed E-state index contributed by atoms with van der Waals surface area (Å²) in [4.78, 5) is 62.8. The van der Waals surface area contributed by atoms with E-state index >= 15 is 0 Å². The van der Waals surface area contributed by atoms with Crippen molar-refractivity contribution in [3.05, 3.63) is 40.6 Å². The van der Waals surface area contributed by atoms with Crippen LogP contribution in [0.15, 0.2) is 35.7 Å². The van der Waals surface area contributed by atoms with Crippen LogP contribution in [0.3, 0.4) is 0 Å². The van der Waals surface area contributed by atoms with Crippen molar-refractivity contribution >= 4 is 46.8 Å². The molecule has 2 aliphatic rings. The van der Waals surface area contributed by atoms with Crippen LogP contribution >= 0.6 is 11.3 Å². The van der Waals surface area contributed by atoms with E-state index in [2.05, 4.69) is 5.32 Å². The summed E-state index contributed by atoms with van der Waals surface area (Å²) in [5, 5.41) is 6.24. The molecule has 2 aliphatic heterocycles. The topological polar surface area (TPSA) is 134 Å². The number of amides is 7. The van der Waals surface area contributed by atoms with Gasteiger partial charge in [-0.1, -0.05) is 6.07 Å². The molecule has 7 amide bonds. The van der Waals surface area contributed by atoms with Gasteiger partial charge >= 0.3 is 23.9 Å². The fourth-order valence-electron chi connectivity index (χ4n) is 2.98. The van der Waals surface area contributed by atoms with Gasteiger partial charge in [0.25, 0.3) is 0 Å². The van der Waals surface area contributed by atoms with Crippen LogP contribution in [0.2, 0.25) is 0 Å². The molecule has 1 aromatic heterocycles. The molecule has 0 radical (unpaired) electrons. The Morgan fingerprint density at radius 2 is 1.74 bits per heavy atom. The molecule has 160 valence electrons. The number of anilines is 1. The van der Waals surface area contributed by atoms with Gasteiger partial charge in [0.05, 0.1) is 6.54 Å². The summed E-state index contributed by atoms with van der Waals surface area (Å²) in [5.74, 6) is -2.08. The molecule has 0 saturated carbocycles. The van der Waals surface area contributed by atoms with E-state index < -0.39 is 36.3 Å². The lowest BCUT2D eigenvalue weighted by molar-refractivity contribution is -0.144. The molecule has 2 N–H and O–H groups in total. The Kier molecular flexibility index (Phi) is 5.54. The van der Waals surface area contributed by atoms with Crippen molar-refractivity contribution in [1.29, 1.82) is 0 Å². The number of carbonyl (C=O) groups excluding carboxylic acids is 5. The van der Waals surface area contributed by atoms with E-state index in [-0.39, 0.29) is 6.54 Å². The molecule has 0 bridgehead atoms. The summed E-state index contributed by atoms with van der Waals surface area (Å²) in [6.45, 7) is -0.0279. The van der Waals surface area contributed by atoms with Crippen molar-refractivity contribution in [3.8, 4) is 11.5 Å². The largest absolute Gasteiger partial charge is 0.486 e. The molecule has 11 nitrogen and oxygen atoms in total. The average Bonchev–Trinajstić information content (AvgIpc) is 3.33. The number of urea groups is 2. The van der Waals surface area contributed by atoms with E-state index in [0.717, 1.165) is 4.90 Å². The number of thiophene rings is 1. The van der Waals surface area contributed by atoms with Crippen molar-refractivity contribution in [3.63, 3.8) is 0 Å². The number of fused-ring (bicyclic) bond motifs is 1. The highest BCUT2D eigenvalue weighted by atomic mass is 32.1. The number of benzene rings is 1. The predicted molar refractivity (Wildman–Crippen MR) is 107 cm³/mol. The Hall–Kier alpha value is -3.93. The summed E-state index contributed by atoms with van der Waals surface area (Å²) in [5.41, 5.74) is 0.347. The van der Waals surface area contributed by atoms with Crippen LogP contribution in [-0.4, -0.2) is 59.3 Å². The van der Waals surface area contributed by atoms with Crippen LogP contribution in [0.5, 0.6) is 11.5 Å². The molecule has 1 fully saturated rings. The SMILES string of the molecule is O=C(CN1C(=O)C(=O)N(Cc2cccs2)C1=O)NC(=O)Nc1ccc2c(c1)OCCO2. The maximum Gasteiger partial charge on any atom is 0.335 e. The maximum absolute atomic E-state index is 12.4. The molecular weight excluding hydrogens is 428 g/mol. The third kappa shape index (κ3) is 4.33. The first-order valence-electron chi connectivity index (χ1n) is 9.12. The zero-order valence-electron chi connectivity index (χ0n) is 16.0. The second kappa shape index (κ2) is 8.44. The Balaban J connectivity index is 1.33. The fraction of sp³-hybridized carbons (Fsp3) is 0.211. The number of nitrogens with zero attached hydrogens (tertiary/aromatic N) is 2. The number of imide groups is 3. The Morgan fingerprint density at radius 3 is 2.48 bits per heavy atom. The normalized spacial score (nSPS) is 15.3. The molecule has 0 spiro atoms. The van der Waals surface area contributed by atoms with Crippen LogP contribution in [0, 0.1) is 0 Å². The molecule has 1 saturated heterocycles. The second-order valence-electron chi connectivity index (χ2n) is 6.51. The van der Waals surface area contributed by atoms with E-state index in [1.54, 1.807) is 29.6 Å². The van der Waals surface area contributed by atoms with E-state index in [9.17, 15) is 24.0 Å². The summed E-state index contributed by atoms with van der Waals surface area (Å²) < 4.78 is 10.8. The van der Waals surface area contributed by atoms with Crippen LogP contribution in [-0.2, 0) is 20.9 Å². The molecule has 0 unspecified atom stereocenters. The number of hydrogen-bond acceptors (Lipinski definition) is 8. The predicted octanol–water partition coefficient (Wildman–Crippen LogP) is 1.16. The van der Waals surface area contributed by atoms with Gasteiger partial charge in [0.15, 0.2) is 11.5 Å². The number of ether oxygens (including phenoxy) is 2. The van der Waals surface area contributed by atoms with E-state index in [1.165, 1.54) is 17.4 Å². The van der Waals surface area contributed by atoms with Gasteiger partial charge in [0, 0.05) is 16.6 Å². The van der Waals surface area contributed by atoms with Crippen LogP contribution < -0.4 is 20.1 Å². The lowest BCUT2D eigenvalue weighted by Crippen LogP contribution is -2.44. The molecule has 12 heteroatoms. The zero-order valence-corrected chi connectivity index (χ0v) is 16.8. The monoisotopic (exact) mass is 444 g/mol. The molecular formula is C19H16N4O7S. The third-order valence-corrected chi connectivity index (χ3v) is 5.24. The lowest BCUT2D eigenvalue weighted by atomic mass is 10.2. The van der Waals surface area contributed by atoms with Crippen molar-refractivity contribution in [1.82, 2.24) is 15.1 Å². The first-order valence-corrected chi connectivity index (χ1v) is 10.0. The molecule has 0 atom stereocenters. The molecule has 4 rings (SSSR count). The highest BCUT2D eigenvalue weighted by molar-refractivity contribution is 7.09. The van der Waals surface area contributed by atoms with Crippen molar-refractivity contribution in [2.24, 2.45) is 0 Å². The minimum Gasteiger partial charge on any atom is -0.486 e. The second-order valence-corrected chi connectivity index (χ2v) is 7.54. The highest BCUT2D eigenvalue weighted by Crippen LogP contribution is 2.32. The standard InChI is InChI=1S/C19H16N4O7S/c24-15(21-18(27)20-11-3-4-13-14(8-11)30-6-5-29-13)10-23-17(26)16(25)22(19(23)28)9-12-2-1-7-31-12/h1-4,7-8H,5-6,9-10H2,(H2,20,21,24,27). The number of nitrogens with one attached hydrogen (secondary N) is 2. The summed E-state index contributed by atoms with van der Waals surface area (Å²) >= 11 is 1.32. The Bertz CT molecular complexity index is 1070. The van der Waals surface area contributed by atoms with Gasteiger partial charge in [-0.3, -0.25) is 24.6 Å². The van der Waals surface area contributed by atoms with Gasteiger partial charge in [0.1, 0.15) is 19.8 Å². The van der Waals surface area contributed by atoms with Gasteiger partial charge in [-0.25, -0.2) is 14.5 Å². The van der Waals surface area contributed by atoms with E-state index in [1.807, 2.05) is 5.32 Å². The van der Waals surface area contributed by atoms with Crippen LogP contribution in [0.25, 0.3) is 0 Å². The molecule has 2 aromatic rings. The smallest absolute Gasteiger partial charge is 0.335 e. The van der Waals surface area contributed by atoms with Crippen LogP contribution in [0.1, 0.15) is 4.88 Å². The zero-order chi connectivity index (χ0) is 22.0. The first kappa shape index (κ1) is 20.3. The van der Waals surface area contributed by atoms with Gasteiger partial charge in [-0.2, -0.15) is 0 Å². The maximum atomic E-state index is 12.4. The number of rotatable bonds is 5. The van der Waals surface area contributed by atoms with Gasteiger partial charge in [0.2, 0.25) is 5.91 Å². The quantitative estimate of drug-likeness (QED) is 0.522. The molecule has 0 aliphatic carbocycles. The average molecular weight is 444 g/mol. The van der Waals surface area contributed by atoms with Crippen molar-refractivity contribution < 1.29 is 33.4 Å². The number of hydrogen-bond donors (Lipinski definition) is 2. The van der Waals surface area contributed by atoms with E-state index in [0.29, 0.717) is 40.2 Å². The first-order chi connectivity index (χ1) is 14.9. The minimum atomic E-state index is -1.12. The van der Waals surface area contributed by atoms with E-state index in [4.69, 9.17) is 9.47 Å². The van der Waals surface area contributed by atoms with Gasteiger partial charge < -0.3 is 14.8 Å². The Labute approximate surface area is 179 Å². The fourth-order valence-corrected chi connectivity index (χ4v) is 3.67. The highest BCUT2D eigenvalue weighted by Gasteiger charge is 2.45. The summed E-state index contributed by atoms with van der Waals surface area (Å²) in [6.07, 6.45) is 0. The van der Waals surface area contributed by atoms with Gasteiger partial charge in [-0.15, -0.1) is 11.3 Å². The number of carbonyl (C=O) groups is 5.